The molecule has 3 rings (SSSR count). The Hall–Kier alpha value is -1.24. The molecule has 1 unspecified atom stereocenters. The molecular weight excluding hydrogens is 302 g/mol. The topological polar surface area (TPSA) is 55.7 Å². The lowest BCUT2D eigenvalue weighted by molar-refractivity contribution is 0.0462. The molecule has 1 aromatic rings. The molecule has 2 fully saturated rings. The number of anilines is 1. The molecule has 24 heavy (non-hydrogen) atoms. The molecule has 1 N–H and O–H groups in total. The zero-order chi connectivity index (χ0) is 16.9. The summed E-state index contributed by atoms with van der Waals surface area (Å²) in [5, 5.41) is 9.52. The van der Waals surface area contributed by atoms with Gasteiger partial charge in [0, 0.05) is 56.8 Å². The fourth-order valence-electron chi connectivity index (χ4n) is 4.15. The molecule has 134 valence electrons. The quantitative estimate of drug-likeness (QED) is 0.874. The van der Waals surface area contributed by atoms with Gasteiger partial charge in [-0.3, -0.25) is 9.88 Å². The molecule has 2 saturated heterocycles. The highest BCUT2D eigenvalue weighted by Crippen LogP contribution is 2.25. The maximum Gasteiger partial charge on any atom is 0.147 e. The largest absolute Gasteiger partial charge is 0.396 e. The summed E-state index contributed by atoms with van der Waals surface area (Å²) >= 11 is 0. The fourth-order valence-corrected chi connectivity index (χ4v) is 4.15. The zero-order valence-electron chi connectivity index (χ0n) is 15.0. The van der Waals surface area contributed by atoms with Crippen LogP contribution in [0.15, 0.2) is 18.6 Å². The maximum absolute atomic E-state index is 9.52. The summed E-state index contributed by atoms with van der Waals surface area (Å²) < 4.78 is 0. The number of piperidine rings is 1. The van der Waals surface area contributed by atoms with Crippen molar-refractivity contribution in [3.8, 4) is 0 Å². The first-order valence-electron chi connectivity index (χ1n) is 9.30. The number of aliphatic hydroxyl groups excluding tert-OH is 1. The van der Waals surface area contributed by atoms with Gasteiger partial charge in [-0.05, 0) is 46.2 Å². The van der Waals surface area contributed by atoms with Crippen LogP contribution in [0.5, 0.6) is 0 Å². The van der Waals surface area contributed by atoms with Gasteiger partial charge in [0.2, 0.25) is 0 Å². The van der Waals surface area contributed by atoms with Crippen LogP contribution in [0.4, 0.5) is 5.82 Å². The minimum absolute atomic E-state index is 0.250. The lowest BCUT2D eigenvalue weighted by atomic mass is 9.97. The highest BCUT2D eigenvalue weighted by atomic mass is 16.3. The molecule has 6 nitrogen and oxygen atoms in total. The van der Waals surface area contributed by atoms with Crippen LogP contribution < -0.4 is 4.90 Å². The van der Waals surface area contributed by atoms with Gasteiger partial charge in [0.05, 0.1) is 6.20 Å². The van der Waals surface area contributed by atoms with Crippen molar-refractivity contribution in [1.82, 2.24) is 19.8 Å². The Labute approximate surface area is 145 Å². The molecule has 1 atom stereocenters. The van der Waals surface area contributed by atoms with Crippen molar-refractivity contribution in [2.45, 2.75) is 51.2 Å². The van der Waals surface area contributed by atoms with E-state index in [0.29, 0.717) is 18.1 Å². The van der Waals surface area contributed by atoms with E-state index in [-0.39, 0.29) is 6.61 Å². The fraction of sp³-hybridized carbons (Fsp3) is 0.778. The lowest BCUT2D eigenvalue weighted by Gasteiger charge is -2.48. The SMILES string of the molecule is CC(C)N1CCC(N2CCN(c3cnccn3)CC2CCO)CC1. The van der Waals surface area contributed by atoms with Gasteiger partial charge in [-0.15, -0.1) is 0 Å². The van der Waals surface area contributed by atoms with Crippen LogP contribution in [-0.4, -0.2) is 82.3 Å². The monoisotopic (exact) mass is 333 g/mol. The third-order valence-corrected chi connectivity index (χ3v) is 5.56. The molecule has 0 saturated carbocycles. The lowest BCUT2D eigenvalue weighted by Crippen LogP contribution is -2.59. The van der Waals surface area contributed by atoms with Gasteiger partial charge in [0.25, 0.3) is 0 Å². The average Bonchev–Trinajstić information content (AvgIpc) is 2.63. The van der Waals surface area contributed by atoms with Crippen molar-refractivity contribution in [1.29, 1.82) is 0 Å². The molecule has 3 heterocycles. The van der Waals surface area contributed by atoms with Gasteiger partial charge in [0.15, 0.2) is 0 Å². The van der Waals surface area contributed by atoms with Crippen LogP contribution in [0.25, 0.3) is 0 Å². The van der Waals surface area contributed by atoms with E-state index in [9.17, 15) is 5.11 Å². The number of rotatable bonds is 5. The van der Waals surface area contributed by atoms with E-state index in [1.165, 1.54) is 25.9 Å². The zero-order valence-corrected chi connectivity index (χ0v) is 15.0. The summed E-state index contributed by atoms with van der Waals surface area (Å²) in [6.45, 7) is 10.2. The molecule has 1 aromatic heterocycles. The Morgan fingerprint density at radius 2 is 1.96 bits per heavy atom. The van der Waals surface area contributed by atoms with Crippen LogP contribution in [0.2, 0.25) is 0 Å². The number of piperazine rings is 1. The number of nitrogens with zero attached hydrogens (tertiary/aromatic N) is 5. The molecule has 2 aliphatic rings. The van der Waals surface area contributed by atoms with Crippen molar-refractivity contribution < 1.29 is 5.11 Å². The van der Waals surface area contributed by atoms with Crippen LogP contribution in [0, 0.1) is 0 Å². The van der Waals surface area contributed by atoms with Crippen molar-refractivity contribution in [3.05, 3.63) is 18.6 Å². The first-order valence-corrected chi connectivity index (χ1v) is 9.30. The van der Waals surface area contributed by atoms with Gasteiger partial charge in [-0.1, -0.05) is 0 Å². The Morgan fingerprint density at radius 3 is 2.58 bits per heavy atom. The van der Waals surface area contributed by atoms with Gasteiger partial charge in [-0.2, -0.15) is 0 Å². The Morgan fingerprint density at radius 1 is 1.17 bits per heavy atom. The van der Waals surface area contributed by atoms with Crippen molar-refractivity contribution in [2.24, 2.45) is 0 Å². The first kappa shape index (κ1) is 17.6. The number of likely N-dealkylation sites (tertiary alicyclic amines) is 1. The number of hydrogen-bond acceptors (Lipinski definition) is 6. The summed E-state index contributed by atoms with van der Waals surface area (Å²) in [5.41, 5.74) is 0. The molecule has 6 heteroatoms. The molecule has 0 aliphatic carbocycles. The molecule has 0 radical (unpaired) electrons. The average molecular weight is 333 g/mol. The van der Waals surface area contributed by atoms with E-state index >= 15 is 0 Å². The number of aromatic nitrogens is 2. The van der Waals surface area contributed by atoms with Gasteiger partial charge < -0.3 is 14.9 Å². The molecule has 0 spiro atoms. The van der Waals surface area contributed by atoms with Gasteiger partial charge in [-0.25, -0.2) is 4.98 Å². The Bertz CT molecular complexity index is 489. The van der Waals surface area contributed by atoms with E-state index in [2.05, 4.69) is 38.5 Å². The van der Waals surface area contributed by atoms with E-state index in [4.69, 9.17) is 0 Å². The third-order valence-electron chi connectivity index (χ3n) is 5.56. The highest BCUT2D eigenvalue weighted by Gasteiger charge is 2.34. The number of aliphatic hydroxyl groups is 1. The normalized spacial score (nSPS) is 24.7. The molecular formula is C18H31N5O. The molecule has 0 aromatic carbocycles. The highest BCUT2D eigenvalue weighted by molar-refractivity contribution is 5.36. The van der Waals surface area contributed by atoms with Crippen molar-refractivity contribution >= 4 is 5.82 Å². The standard InChI is InChI=1S/C18H31N5O/c1-15(2)21-8-3-16(4-9-21)23-11-10-22(14-17(23)5-12-24)18-13-19-6-7-20-18/h6-7,13,15-17,24H,3-5,8-12,14H2,1-2H3. The predicted octanol–water partition coefficient (Wildman–Crippen LogP) is 1.22. The van der Waals surface area contributed by atoms with Gasteiger partial charge >= 0.3 is 0 Å². The minimum atomic E-state index is 0.250. The summed E-state index contributed by atoms with van der Waals surface area (Å²) in [7, 11) is 0. The smallest absolute Gasteiger partial charge is 0.147 e. The minimum Gasteiger partial charge on any atom is -0.396 e. The van der Waals surface area contributed by atoms with Gasteiger partial charge in [0.1, 0.15) is 5.82 Å². The van der Waals surface area contributed by atoms with Crippen LogP contribution in [0.3, 0.4) is 0 Å². The second-order valence-corrected chi connectivity index (χ2v) is 7.27. The van der Waals surface area contributed by atoms with E-state index < -0.39 is 0 Å². The third kappa shape index (κ3) is 4.05. The predicted molar refractivity (Wildman–Crippen MR) is 96.2 cm³/mol. The Kier molecular flexibility index (Phi) is 6.03. The second kappa shape index (κ2) is 8.23. The summed E-state index contributed by atoms with van der Waals surface area (Å²) in [6, 6.07) is 1.70. The van der Waals surface area contributed by atoms with Crippen molar-refractivity contribution in [3.63, 3.8) is 0 Å². The second-order valence-electron chi connectivity index (χ2n) is 7.27. The van der Waals surface area contributed by atoms with E-state index in [1.54, 1.807) is 12.4 Å². The van der Waals surface area contributed by atoms with E-state index in [0.717, 1.165) is 31.9 Å². The summed E-state index contributed by atoms with van der Waals surface area (Å²) in [5.74, 6) is 0.953. The number of hydrogen-bond donors (Lipinski definition) is 1. The van der Waals surface area contributed by atoms with Crippen LogP contribution >= 0.6 is 0 Å². The maximum atomic E-state index is 9.52. The summed E-state index contributed by atoms with van der Waals surface area (Å²) in [4.78, 5) is 16.2. The molecule has 2 aliphatic heterocycles. The first-order chi connectivity index (χ1) is 11.7. The van der Waals surface area contributed by atoms with Crippen LogP contribution in [0.1, 0.15) is 33.1 Å². The molecule has 0 bridgehead atoms. The van der Waals surface area contributed by atoms with E-state index in [1.807, 2.05) is 6.20 Å². The Balaban J connectivity index is 1.62. The molecule has 0 amide bonds. The van der Waals surface area contributed by atoms with Crippen molar-refractivity contribution in [2.75, 3.05) is 44.2 Å². The van der Waals surface area contributed by atoms with Crippen LogP contribution in [-0.2, 0) is 0 Å². The summed E-state index contributed by atoms with van der Waals surface area (Å²) in [6.07, 6.45) is 8.63.